The van der Waals surface area contributed by atoms with E-state index in [-0.39, 0.29) is 17.1 Å². The first kappa shape index (κ1) is 13.7. The Morgan fingerprint density at radius 1 is 1.42 bits per heavy atom. The number of aryl methyl sites for hydroxylation is 1. The Morgan fingerprint density at radius 2 is 2.16 bits per heavy atom. The smallest absolute Gasteiger partial charge is 0.291 e. The average molecular weight is 279 g/mol. The van der Waals surface area contributed by atoms with Crippen molar-refractivity contribution < 1.29 is 4.79 Å². The predicted octanol–water partition coefficient (Wildman–Crippen LogP) is 1.80. The van der Waals surface area contributed by atoms with Gasteiger partial charge in [-0.15, -0.1) is 16.4 Å². The Hall–Kier alpha value is -1.76. The van der Waals surface area contributed by atoms with Gasteiger partial charge in [-0.05, 0) is 6.92 Å². The molecule has 0 fully saturated rings. The molecule has 0 bridgehead atoms. The quantitative estimate of drug-likeness (QED) is 0.897. The zero-order valence-electron chi connectivity index (χ0n) is 11.4. The van der Waals surface area contributed by atoms with Crippen LogP contribution in [0.4, 0.5) is 0 Å². The number of H-pyrrole nitrogens is 1. The van der Waals surface area contributed by atoms with Gasteiger partial charge in [0.05, 0.1) is 6.54 Å². The second kappa shape index (κ2) is 5.08. The highest BCUT2D eigenvalue weighted by Gasteiger charge is 2.21. The fourth-order valence-electron chi connectivity index (χ4n) is 1.42. The maximum atomic E-state index is 11.9. The lowest BCUT2D eigenvalue weighted by atomic mass is 9.96. The lowest BCUT2D eigenvalue weighted by Gasteiger charge is -2.12. The van der Waals surface area contributed by atoms with Gasteiger partial charge in [-0.2, -0.15) is 0 Å². The maximum absolute atomic E-state index is 11.9. The van der Waals surface area contributed by atoms with Crippen molar-refractivity contribution in [1.82, 2.24) is 25.5 Å². The lowest BCUT2D eigenvalue weighted by Crippen LogP contribution is -2.24. The summed E-state index contributed by atoms with van der Waals surface area (Å²) in [4.78, 5) is 20.4. The van der Waals surface area contributed by atoms with Gasteiger partial charge in [0, 0.05) is 16.5 Å². The van der Waals surface area contributed by atoms with Crippen LogP contribution in [-0.4, -0.2) is 26.1 Å². The highest BCUT2D eigenvalue weighted by molar-refractivity contribution is 7.09. The van der Waals surface area contributed by atoms with Crippen LogP contribution in [0.2, 0.25) is 0 Å². The number of carbonyl (C=O) groups excluding carboxylic acids is 1. The topological polar surface area (TPSA) is 83.6 Å². The highest BCUT2D eigenvalue weighted by atomic mass is 32.1. The zero-order valence-corrected chi connectivity index (χ0v) is 12.3. The van der Waals surface area contributed by atoms with Crippen LogP contribution in [0, 0.1) is 6.92 Å². The van der Waals surface area contributed by atoms with Crippen LogP contribution in [-0.2, 0) is 12.0 Å². The van der Waals surface area contributed by atoms with Crippen molar-refractivity contribution >= 4 is 17.2 Å². The Bertz CT molecular complexity index is 581. The van der Waals surface area contributed by atoms with Gasteiger partial charge in [0.25, 0.3) is 5.91 Å². The highest BCUT2D eigenvalue weighted by Crippen LogP contribution is 2.17. The molecular formula is C12H17N5OS. The van der Waals surface area contributed by atoms with Gasteiger partial charge < -0.3 is 5.32 Å². The average Bonchev–Trinajstić information content (AvgIpc) is 2.93. The van der Waals surface area contributed by atoms with Gasteiger partial charge in [-0.3, -0.25) is 9.89 Å². The van der Waals surface area contributed by atoms with E-state index in [0.29, 0.717) is 12.4 Å². The van der Waals surface area contributed by atoms with Crippen molar-refractivity contribution in [2.24, 2.45) is 0 Å². The Kier molecular flexibility index (Phi) is 3.66. The number of nitrogens with one attached hydrogen (secondary N) is 2. The number of aromatic amines is 1. The second-order valence-electron chi connectivity index (χ2n) is 5.32. The molecule has 2 aromatic rings. The number of hydrogen-bond acceptors (Lipinski definition) is 5. The first-order valence-corrected chi connectivity index (χ1v) is 6.86. The van der Waals surface area contributed by atoms with E-state index >= 15 is 0 Å². The summed E-state index contributed by atoms with van der Waals surface area (Å²) >= 11 is 1.52. The van der Waals surface area contributed by atoms with E-state index in [1.807, 2.05) is 33.1 Å². The van der Waals surface area contributed by atoms with Gasteiger partial charge in [0.15, 0.2) is 0 Å². The molecule has 2 rings (SSSR count). The predicted molar refractivity (Wildman–Crippen MR) is 73.1 cm³/mol. The van der Waals surface area contributed by atoms with Gasteiger partial charge in [0.2, 0.25) is 5.82 Å². The van der Waals surface area contributed by atoms with E-state index in [4.69, 9.17) is 0 Å². The molecule has 0 spiro atoms. The minimum Gasteiger partial charge on any atom is -0.343 e. The van der Waals surface area contributed by atoms with E-state index in [0.717, 1.165) is 10.7 Å². The molecule has 0 unspecified atom stereocenters. The Labute approximate surface area is 115 Å². The van der Waals surface area contributed by atoms with Crippen molar-refractivity contribution in [3.63, 3.8) is 0 Å². The summed E-state index contributed by atoms with van der Waals surface area (Å²) in [6.45, 7) is 8.35. The molecule has 0 saturated heterocycles. The molecule has 0 aliphatic carbocycles. The minimum atomic E-state index is -0.292. The van der Waals surface area contributed by atoms with Crippen molar-refractivity contribution in [2.45, 2.75) is 39.7 Å². The molecule has 7 heteroatoms. The molecule has 0 aromatic carbocycles. The van der Waals surface area contributed by atoms with Crippen LogP contribution in [0.15, 0.2) is 5.38 Å². The third-order valence-corrected chi connectivity index (χ3v) is 3.43. The van der Waals surface area contributed by atoms with Crippen LogP contribution in [0.25, 0.3) is 0 Å². The molecule has 0 saturated carbocycles. The van der Waals surface area contributed by atoms with Crippen LogP contribution in [0.5, 0.6) is 0 Å². The molecule has 0 atom stereocenters. The fourth-order valence-corrected chi connectivity index (χ4v) is 2.13. The second-order valence-corrected chi connectivity index (χ2v) is 6.27. The summed E-state index contributed by atoms with van der Waals surface area (Å²) < 4.78 is 0. The van der Waals surface area contributed by atoms with E-state index in [1.54, 1.807) is 0 Å². The molecule has 0 radical (unpaired) electrons. The summed E-state index contributed by atoms with van der Waals surface area (Å²) in [5, 5.41) is 12.3. The summed E-state index contributed by atoms with van der Waals surface area (Å²) in [6.07, 6.45) is 0. The van der Waals surface area contributed by atoms with E-state index < -0.39 is 0 Å². The molecule has 0 aliphatic heterocycles. The summed E-state index contributed by atoms with van der Waals surface area (Å²) in [5.41, 5.74) is 0.806. The maximum Gasteiger partial charge on any atom is 0.291 e. The molecule has 2 aromatic heterocycles. The lowest BCUT2D eigenvalue weighted by molar-refractivity contribution is 0.0940. The number of hydrogen-bond donors (Lipinski definition) is 2. The normalized spacial score (nSPS) is 11.6. The molecular weight excluding hydrogens is 262 g/mol. The van der Waals surface area contributed by atoms with E-state index in [9.17, 15) is 4.79 Å². The minimum absolute atomic E-state index is 0.155. The number of thiazole rings is 1. The van der Waals surface area contributed by atoms with Gasteiger partial charge in [0.1, 0.15) is 10.8 Å². The van der Waals surface area contributed by atoms with Crippen molar-refractivity contribution in [1.29, 1.82) is 0 Å². The summed E-state index contributed by atoms with van der Waals surface area (Å²) in [6, 6.07) is 0. The van der Waals surface area contributed by atoms with Crippen LogP contribution >= 0.6 is 11.3 Å². The zero-order chi connectivity index (χ0) is 14.0. The summed E-state index contributed by atoms with van der Waals surface area (Å²) in [5.74, 6) is 0.570. The SMILES string of the molecule is Cc1csc(CNC(=O)c2n[nH]c(C(C)(C)C)n2)n1. The number of nitrogens with zero attached hydrogens (tertiary/aromatic N) is 3. The Morgan fingerprint density at radius 3 is 2.68 bits per heavy atom. The summed E-state index contributed by atoms with van der Waals surface area (Å²) in [7, 11) is 0. The van der Waals surface area contributed by atoms with Crippen LogP contribution in [0.3, 0.4) is 0 Å². The molecule has 19 heavy (non-hydrogen) atoms. The van der Waals surface area contributed by atoms with E-state index in [1.165, 1.54) is 11.3 Å². The van der Waals surface area contributed by atoms with Crippen molar-refractivity contribution in [3.05, 3.63) is 27.7 Å². The van der Waals surface area contributed by atoms with Gasteiger partial charge in [-0.1, -0.05) is 20.8 Å². The standard InChI is InChI=1S/C12H17N5OS/c1-7-6-19-8(14-7)5-13-10(18)9-15-11(17-16-9)12(2,3)4/h6H,5H2,1-4H3,(H,13,18)(H,15,16,17). The largest absolute Gasteiger partial charge is 0.343 e. The monoisotopic (exact) mass is 279 g/mol. The molecule has 2 N–H and O–H groups in total. The van der Waals surface area contributed by atoms with Crippen molar-refractivity contribution in [2.75, 3.05) is 0 Å². The molecule has 0 aliphatic rings. The van der Waals surface area contributed by atoms with Crippen LogP contribution in [0.1, 0.15) is 47.9 Å². The van der Waals surface area contributed by atoms with Gasteiger partial charge >= 0.3 is 0 Å². The fraction of sp³-hybridized carbons (Fsp3) is 0.500. The van der Waals surface area contributed by atoms with Crippen molar-refractivity contribution in [3.8, 4) is 0 Å². The first-order valence-electron chi connectivity index (χ1n) is 5.98. The molecule has 6 nitrogen and oxygen atoms in total. The number of amides is 1. The third kappa shape index (κ3) is 3.37. The number of aromatic nitrogens is 4. The third-order valence-electron chi connectivity index (χ3n) is 2.47. The molecule has 2 heterocycles. The number of carbonyl (C=O) groups is 1. The Balaban J connectivity index is 1.98. The molecule has 102 valence electrons. The van der Waals surface area contributed by atoms with Gasteiger partial charge in [-0.25, -0.2) is 9.97 Å². The number of rotatable bonds is 3. The molecule has 1 amide bonds. The van der Waals surface area contributed by atoms with Crippen LogP contribution < -0.4 is 5.32 Å². The first-order chi connectivity index (χ1) is 8.86. The van der Waals surface area contributed by atoms with E-state index in [2.05, 4.69) is 25.5 Å².